The van der Waals surface area contributed by atoms with Gasteiger partial charge in [0, 0.05) is 29.3 Å². The van der Waals surface area contributed by atoms with Gasteiger partial charge >= 0.3 is 0 Å². The maximum Gasteiger partial charge on any atom is 0.0377 e. The molecule has 0 amide bonds. The fourth-order valence-corrected chi connectivity index (χ4v) is 2.60. The minimum absolute atomic E-state index is 0.188. The topological polar surface area (TPSA) is 29.3 Å². The summed E-state index contributed by atoms with van der Waals surface area (Å²) < 4.78 is 1.15. The lowest BCUT2D eigenvalue weighted by atomic mass is 9.87. The van der Waals surface area contributed by atoms with E-state index in [1.54, 1.807) is 0 Å². The first-order valence-corrected chi connectivity index (χ1v) is 7.69. The van der Waals surface area contributed by atoms with Crippen molar-refractivity contribution in [3.63, 3.8) is 0 Å². The highest BCUT2D eigenvalue weighted by Gasteiger charge is 2.24. The molecule has 1 aromatic carbocycles. The van der Waals surface area contributed by atoms with Gasteiger partial charge in [0.15, 0.2) is 0 Å². The average Bonchev–Trinajstić information content (AvgIpc) is 2.28. The van der Waals surface area contributed by atoms with Crippen LogP contribution in [-0.2, 0) is 6.42 Å². The Morgan fingerprint density at radius 3 is 2.26 bits per heavy atom. The van der Waals surface area contributed by atoms with E-state index in [0.29, 0.717) is 6.04 Å². The van der Waals surface area contributed by atoms with E-state index >= 15 is 0 Å². The SMILES string of the molecule is CC(N)Cc1ccc(N(C)C(C)C(C)(C)C)cc1Br. The molecular weight excluding hydrogens is 300 g/mol. The van der Waals surface area contributed by atoms with E-state index in [4.69, 9.17) is 5.73 Å². The van der Waals surface area contributed by atoms with Crippen molar-refractivity contribution in [2.24, 2.45) is 11.1 Å². The molecule has 0 spiro atoms. The van der Waals surface area contributed by atoms with Gasteiger partial charge in [0.25, 0.3) is 0 Å². The van der Waals surface area contributed by atoms with Crippen molar-refractivity contribution < 1.29 is 0 Å². The Kier molecular flexibility index (Phi) is 5.45. The van der Waals surface area contributed by atoms with Crippen LogP contribution in [0.2, 0.25) is 0 Å². The monoisotopic (exact) mass is 326 g/mol. The highest BCUT2D eigenvalue weighted by molar-refractivity contribution is 9.10. The van der Waals surface area contributed by atoms with Gasteiger partial charge in [-0.25, -0.2) is 0 Å². The van der Waals surface area contributed by atoms with Crippen molar-refractivity contribution in [1.82, 2.24) is 0 Å². The minimum Gasteiger partial charge on any atom is -0.371 e. The lowest BCUT2D eigenvalue weighted by Crippen LogP contribution is -2.39. The lowest BCUT2D eigenvalue weighted by molar-refractivity contribution is 0.330. The number of nitrogens with two attached hydrogens (primary N) is 1. The maximum atomic E-state index is 5.87. The molecule has 0 saturated carbocycles. The van der Waals surface area contributed by atoms with Crippen LogP contribution in [0.4, 0.5) is 5.69 Å². The first-order valence-electron chi connectivity index (χ1n) is 6.89. The third kappa shape index (κ3) is 4.50. The predicted octanol–water partition coefficient (Wildman–Crippen LogP) is 4.21. The molecule has 1 aromatic rings. The number of anilines is 1. The number of rotatable bonds is 4. The Balaban J connectivity index is 2.94. The van der Waals surface area contributed by atoms with Crippen LogP contribution in [0, 0.1) is 5.41 Å². The Bertz CT molecular complexity index is 421. The van der Waals surface area contributed by atoms with Gasteiger partial charge in [-0.05, 0) is 43.4 Å². The number of nitrogens with zero attached hydrogens (tertiary/aromatic N) is 1. The molecule has 1 rings (SSSR count). The molecular formula is C16H27BrN2. The first kappa shape index (κ1) is 16.5. The largest absolute Gasteiger partial charge is 0.371 e. The molecule has 0 aliphatic rings. The van der Waals surface area contributed by atoms with Crippen LogP contribution in [0.5, 0.6) is 0 Å². The van der Waals surface area contributed by atoms with Gasteiger partial charge in [0.05, 0.1) is 0 Å². The van der Waals surface area contributed by atoms with Crippen LogP contribution in [0.1, 0.15) is 40.2 Å². The second-order valence-corrected chi connectivity index (χ2v) is 7.46. The quantitative estimate of drug-likeness (QED) is 0.897. The summed E-state index contributed by atoms with van der Waals surface area (Å²) in [5.41, 5.74) is 8.63. The smallest absolute Gasteiger partial charge is 0.0377 e. The first-order chi connectivity index (χ1) is 8.62. The van der Waals surface area contributed by atoms with E-state index in [2.05, 4.69) is 73.8 Å². The highest BCUT2D eigenvalue weighted by Crippen LogP contribution is 2.30. The van der Waals surface area contributed by atoms with Crippen LogP contribution in [0.25, 0.3) is 0 Å². The molecule has 0 fully saturated rings. The Labute approximate surface area is 126 Å². The predicted molar refractivity (Wildman–Crippen MR) is 88.8 cm³/mol. The molecule has 0 aliphatic carbocycles. The fourth-order valence-electron chi connectivity index (χ4n) is 2.07. The molecule has 3 heteroatoms. The Hall–Kier alpha value is -0.540. The molecule has 0 aromatic heterocycles. The van der Waals surface area contributed by atoms with Crippen molar-refractivity contribution in [3.05, 3.63) is 28.2 Å². The van der Waals surface area contributed by atoms with Crippen LogP contribution in [-0.4, -0.2) is 19.1 Å². The van der Waals surface area contributed by atoms with Crippen molar-refractivity contribution in [2.75, 3.05) is 11.9 Å². The summed E-state index contributed by atoms with van der Waals surface area (Å²) in [5, 5.41) is 0. The number of halogens is 1. The third-order valence-electron chi connectivity index (χ3n) is 3.82. The maximum absolute atomic E-state index is 5.87. The Morgan fingerprint density at radius 1 is 1.26 bits per heavy atom. The number of hydrogen-bond donors (Lipinski definition) is 1. The zero-order valence-corrected chi connectivity index (χ0v) is 14.6. The average molecular weight is 327 g/mol. The Morgan fingerprint density at radius 2 is 1.84 bits per heavy atom. The van der Waals surface area contributed by atoms with Gasteiger partial charge in [-0.2, -0.15) is 0 Å². The molecule has 2 nitrogen and oxygen atoms in total. The molecule has 2 N–H and O–H groups in total. The van der Waals surface area contributed by atoms with E-state index in [1.807, 2.05) is 6.92 Å². The van der Waals surface area contributed by atoms with Gasteiger partial charge in [-0.3, -0.25) is 0 Å². The van der Waals surface area contributed by atoms with Gasteiger partial charge in [-0.1, -0.05) is 42.8 Å². The van der Waals surface area contributed by atoms with E-state index < -0.39 is 0 Å². The van der Waals surface area contributed by atoms with E-state index in [9.17, 15) is 0 Å². The second kappa shape index (κ2) is 6.27. The molecule has 108 valence electrons. The highest BCUT2D eigenvalue weighted by atomic mass is 79.9. The van der Waals surface area contributed by atoms with E-state index in [-0.39, 0.29) is 11.5 Å². The molecule has 2 atom stereocenters. The van der Waals surface area contributed by atoms with Crippen molar-refractivity contribution >= 4 is 21.6 Å². The van der Waals surface area contributed by atoms with Crippen molar-refractivity contribution in [2.45, 2.75) is 53.1 Å². The van der Waals surface area contributed by atoms with E-state index in [1.165, 1.54) is 11.3 Å². The number of hydrogen-bond acceptors (Lipinski definition) is 2. The van der Waals surface area contributed by atoms with Crippen molar-refractivity contribution in [1.29, 1.82) is 0 Å². The summed E-state index contributed by atoms with van der Waals surface area (Å²) in [6.45, 7) is 11.1. The standard InChI is InChI=1S/C16H27BrN2/c1-11(18)9-13-7-8-14(10-15(13)17)19(6)12(2)16(3,4)5/h7-8,10-12H,9,18H2,1-6H3. The van der Waals surface area contributed by atoms with Gasteiger partial charge < -0.3 is 10.6 Å². The summed E-state index contributed by atoms with van der Waals surface area (Å²) in [4.78, 5) is 2.33. The molecule has 0 bridgehead atoms. The normalized spacial score (nSPS) is 15.2. The molecule has 0 heterocycles. The molecule has 19 heavy (non-hydrogen) atoms. The third-order valence-corrected chi connectivity index (χ3v) is 4.56. The van der Waals surface area contributed by atoms with Crippen LogP contribution in [0.15, 0.2) is 22.7 Å². The van der Waals surface area contributed by atoms with Crippen LogP contribution >= 0.6 is 15.9 Å². The number of benzene rings is 1. The van der Waals surface area contributed by atoms with Crippen molar-refractivity contribution in [3.8, 4) is 0 Å². The summed E-state index contributed by atoms with van der Waals surface area (Å²) in [7, 11) is 2.16. The molecule has 0 saturated heterocycles. The fraction of sp³-hybridized carbons (Fsp3) is 0.625. The zero-order chi connectivity index (χ0) is 14.8. The summed E-state index contributed by atoms with van der Waals surface area (Å²) in [6, 6.07) is 7.21. The zero-order valence-electron chi connectivity index (χ0n) is 13.0. The molecule has 0 aliphatic heterocycles. The van der Waals surface area contributed by atoms with Crippen LogP contribution in [0.3, 0.4) is 0 Å². The molecule has 2 unspecified atom stereocenters. The molecule has 0 radical (unpaired) electrons. The van der Waals surface area contributed by atoms with Gasteiger partial charge in [0.1, 0.15) is 0 Å². The van der Waals surface area contributed by atoms with E-state index in [0.717, 1.165) is 10.9 Å². The summed E-state index contributed by atoms with van der Waals surface area (Å²) >= 11 is 3.66. The second-order valence-electron chi connectivity index (χ2n) is 6.61. The van der Waals surface area contributed by atoms with Gasteiger partial charge in [0.2, 0.25) is 0 Å². The lowest BCUT2D eigenvalue weighted by Gasteiger charge is -2.37. The minimum atomic E-state index is 0.188. The summed E-state index contributed by atoms with van der Waals surface area (Å²) in [5.74, 6) is 0. The van der Waals surface area contributed by atoms with Gasteiger partial charge in [-0.15, -0.1) is 0 Å². The summed E-state index contributed by atoms with van der Waals surface area (Å²) in [6.07, 6.45) is 0.902. The van der Waals surface area contributed by atoms with Crippen LogP contribution < -0.4 is 10.6 Å².